The topological polar surface area (TPSA) is 65.7 Å². The second-order valence-electron chi connectivity index (χ2n) is 6.25. The van der Waals surface area contributed by atoms with Gasteiger partial charge in [-0.25, -0.2) is 0 Å². The lowest BCUT2D eigenvalue weighted by Gasteiger charge is -2.36. The SMILES string of the molecule is CCOC(OCC)C(NN)C1CC(C)(C)OC1(C)C. The van der Waals surface area contributed by atoms with Gasteiger partial charge in [0.1, 0.15) is 0 Å². The Morgan fingerprint density at radius 2 is 1.74 bits per heavy atom. The highest BCUT2D eigenvalue weighted by Crippen LogP contribution is 2.44. The highest BCUT2D eigenvalue weighted by Gasteiger charge is 2.51. The molecule has 19 heavy (non-hydrogen) atoms. The van der Waals surface area contributed by atoms with Crippen LogP contribution in [0.15, 0.2) is 0 Å². The molecule has 0 aliphatic carbocycles. The molecule has 2 unspecified atom stereocenters. The zero-order valence-electron chi connectivity index (χ0n) is 13.2. The number of nitrogens with one attached hydrogen (secondary N) is 1. The molecule has 0 spiro atoms. The van der Waals surface area contributed by atoms with Crippen LogP contribution in [0.4, 0.5) is 0 Å². The number of hydrazine groups is 1. The van der Waals surface area contributed by atoms with Crippen molar-refractivity contribution in [2.45, 2.75) is 71.5 Å². The van der Waals surface area contributed by atoms with Crippen molar-refractivity contribution in [1.29, 1.82) is 0 Å². The monoisotopic (exact) mass is 274 g/mol. The van der Waals surface area contributed by atoms with Crippen LogP contribution >= 0.6 is 0 Å². The highest BCUT2D eigenvalue weighted by molar-refractivity contribution is 5.00. The van der Waals surface area contributed by atoms with Crippen LogP contribution in [-0.2, 0) is 14.2 Å². The minimum absolute atomic E-state index is 0.0864. The zero-order valence-corrected chi connectivity index (χ0v) is 13.2. The summed E-state index contributed by atoms with van der Waals surface area (Å²) in [5, 5.41) is 0. The molecule has 0 aromatic heterocycles. The Morgan fingerprint density at radius 3 is 2.05 bits per heavy atom. The van der Waals surface area contributed by atoms with Gasteiger partial charge in [0.25, 0.3) is 0 Å². The molecule has 0 saturated carbocycles. The molecular formula is C14H30N2O3. The average molecular weight is 274 g/mol. The Labute approximate surface area is 117 Å². The van der Waals surface area contributed by atoms with Crippen molar-refractivity contribution in [2.24, 2.45) is 11.8 Å². The minimum atomic E-state index is -0.346. The molecule has 1 rings (SSSR count). The fourth-order valence-corrected chi connectivity index (χ4v) is 3.13. The standard InChI is InChI=1S/C14H30N2O3/c1-7-17-12(18-8-2)11(16-15)10-9-13(3,4)19-14(10,5)6/h10-12,16H,7-9,15H2,1-6H3. The molecule has 5 nitrogen and oxygen atoms in total. The number of nitrogens with two attached hydrogens (primary N) is 1. The first-order chi connectivity index (χ1) is 8.77. The van der Waals surface area contributed by atoms with Crippen molar-refractivity contribution in [3.63, 3.8) is 0 Å². The van der Waals surface area contributed by atoms with E-state index in [1.54, 1.807) is 0 Å². The molecule has 3 N–H and O–H groups in total. The van der Waals surface area contributed by atoms with Gasteiger partial charge in [0.15, 0.2) is 6.29 Å². The van der Waals surface area contributed by atoms with Crippen molar-refractivity contribution >= 4 is 0 Å². The molecule has 5 heteroatoms. The molecule has 1 aliphatic heterocycles. The van der Waals surface area contributed by atoms with Gasteiger partial charge < -0.3 is 14.2 Å². The summed E-state index contributed by atoms with van der Waals surface area (Å²) < 4.78 is 17.5. The third kappa shape index (κ3) is 4.13. The quantitative estimate of drug-likeness (QED) is 0.421. The summed E-state index contributed by atoms with van der Waals surface area (Å²) >= 11 is 0. The molecule has 114 valence electrons. The first kappa shape index (κ1) is 16.9. The molecule has 0 radical (unpaired) electrons. The van der Waals surface area contributed by atoms with Gasteiger partial charge in [-0.05, 0) is 48.0 Å². The van der Waals surface area contributed by atoms with Gasteiger partial charge in [0.05, 0.1) is 17.2 Å². The van der Waals surface area contributed by atoms with E-state index in [2.05, 4.69) is 33.1 Å². The Kier molecular flexibility index (Phi) is 5.77. The van der Waals surface area contributed by atoms with E-state index in [1.807, 2.05) is 13.8 Å². The lowest BCUT2D eigenvalue weighted by Crippen LogP contribution is -2.55. The third-order valence-electron chi connectivity index (χ3n) is 3.72. The molecule has 0 aromatic carbocycles. The van der Waals surface area contributed by atoms with Crippen LogP contribution in [-0.4, -0.2) is 36.7 Å². The maximum absolute atomic E-state index is 6.13. The number of hydrogen-bond donors (Lipinski definition) is 2. The summed E-state index contributed by atoms with van der Waals surface area (Å²) in [4.78, 5) is 0. The van der Waals surface area contributed by atoms with Gasteiger partial charge in [-0.15, -0.1) is 0 Å². The Bertz CT molecular complexity index is 276. The predicted octanol–water partition coefficient (Wildman–Crippen LogP) is 1.81. The van der Waals surface area contributed by atoms with E-state index in [4.69, 9.17) is 20.1 Å². The largest absolute Gasteiger partial charge is 0.369 e. The lowest BCUT2D eigenvalue weighted by molar-refractivity contribution is -0.172. The number of rotatable bonds is 7. The van der Waals surface area contributed by atoms with Gasteiger partial charge in [-0.2, -0.15) is 0 Å². The van der Waals surface area contributed by atoms with Crippen molar-refractivity contribution in [2.75, 3.05) is 13.2 Å². The molecule has 1 heterocycles. The molecule has 1 fully saturated rings. The Hall–Kier alpha value is -0.200. The van der Waals surface area contributed by atoms with E-state index in [0.29, 0.717) is 13.2 Å². The fraction of sp³-hybridized carbons (Fsp3) is 1.00. The number of hydrogen-bond acceptors (Lipinski definition) is 5. The van der Waals surface area contributed by atoms with E-state index >= 15 is 0 Å². The van der Waals surface area contributed by atoms with Crippen LogP contribution in [0.5, 0.6) is 0 Å². The van der Waals surface area contributed by atoms with Crippen molar-refractivity contribution in [1.82, 2.24) is 5.43 Å². The molecule has 1 saturated heterocycles. The van der Waals surface area contributed by atoms with E-state index < -0.39 is 0 Å². The average Bonchev–Trinajstić information content (AvgIpc) is 2.49. The Balaban J connectivity index is 2.88. The van der Waals surface area contributed by atoms with Crippen LogP contribution in [0.1, 0.15) is 48.0 Å². The zero-order chi connectivity index (χ0) is 14.7. The first-order valence-corrected chi connectivity index (χ1v) is 7.17. The van der Waals surface area contributed by atoms with E-state index in [0.717, 1.165) is 6.42 Å². The van der Waals surface area contributed by atoms with Crippen LogP contribution in [0.3, 0.4) is 0 Å². The molecular weight excluding hydrogens is 244 g/mol. The second kappa shape index (κ2) is 6.50. The van der Waals surface area contributed by atoms with E-state index in [1.165, 1.54) is 0 Å². The highest BCUT2D eigenvalue weighted by atomic mass is 16.7. The molecule has 1 aliphatic rings. The fourth-order valence-electron chi connectivity index (χ4n) is 3.13. The summed E-state index contributed by atoms with van der Waals surface area (Å²) in [6, 6.07) is -0.0864. The van der Waals surface area contributed by atoms with Gasteiger partial charge in [0.2, 0.25) is 0 Å². The van der Waals surface area contributed by atoms with Crippen molar-refractivity contribution < 1.29 is 14.2 Å². The number of ether oxygens (including phenoxy) is 3. The summed E-state index contributed by atoms with van der Waals surface area (Å²) in [5.74, 6) is 5.99. The van der Waals surface area contributed by atoms with Crippen LogP contribution in [0.2, 0.25) is 0 Å². The van der Waals surface area contributed by atoms with Crippen molar-refractivity contribution in [3.8, 4) is 0 Å². The predicted molar refractivity (Wildman–Crippen MR) is 75.5 cm³/mol. The summed E-state index contributed by atoms with van der Waals surface area (Å²) in [5.41, 5.74) is 2.47. The van der Waals surface area contributed by atoms with Crippen LogP contribution < -0.4 is 11.3 Å². The third-order valence-corrected chi connectivity index (χ3v) is 3.72. The van der Waals surface area contributed by atoms with E-state index in [9.17, 15) is 0 Å². The molecule has 0 bridgehead atoms. The first-order valence-electron chi connectivity index (χ1n) is 7.17. The summed E-state index contributed by atoms with van der Waals surface area (Å²) in [6.45, 7) is 13.5. The lowest BCUT2D eigenvalue weighted by atomic mass is 9.81. The van der Waals surface area contributed by atoms with Gasteiger partial charge in [0, 0.05) is 19.1 Å². The van der Waals surface area contributed by atoms with Gasteiger partial charge in [-0.1, -0.05) is 0 Å². The molecule has 0 amide bonds. The minimum Gasteiger partial charge on any atom is -0.369 e. The van der Waals surface area contributed by atoms with E-state index in [-0.39, 0.29) is 29.5 Å². The van der Waals surface area contributed by atoms with Gasteiger partial charge >= 0.3 is 0 Å². The maximum atomic E-state index is 6.13. The van der Waals surface area contributed by atoms with Crippen LogP contribution in [0, 0.1) is 5.92 Å². The maximum Gasteiger partial charge on any atom is 0.174 e. The summed E-state index contributed by atoms with van der Waals surface area (Å²) in [6.07, 6.45) is 0.577. The summed E-state index contributed by atoms with van der Waals surface area (Å²) in [7, 11) is 0. The van der Waals surface area contributed by atoms with Crippen LogP contribution in [0.25, 0.3) is 0 Å². The second-order valence-corrected chi connectivity index (χ2v) is 6.25. The Morgan fingerprint density at radius 1 is 1.21 bits per heavy atom. The molecule has 0 aromatic rings. The van der Waals surface area contributed by atoms with Crippen molar-refractivity contribution in [3.05, 3.63) is 0 Å². The molecule has 2 atom stereocenters. The van der Waals surface area contributed by atoms with Gasteiger partial charge in [-0.3, -0.25) is 11.3 Å². The smallest absolute Gasteiger partial charge is 0.174 e. The normalized spacial score (nSPS) is 26.8.